The fourth-order valence-electron chi connectivity index (χ4n) is 2.53. The van der Waals surface area contributed by atoms with Crippen LogP contribution in [0.3, 0.4) is 0 Å². The van der Waals surface area contributed by atoms with Gasteiger partial charge in [-0.2, -0.15) is 0 Å². The molecule has 1 aromatic heterocycles. The van der Waals surface area contributed by atoms with Crippen molar-refractivity contribution in [3.8, 4) is 0 Å². The molecule has 0 saturated heterocycles. The average molecular weight is 490 g/mol. The molecule has 180 valence electrons. The smallest absolute Gasteiger partial charge is 0.407 e. The molecule has 1 N–H and O–H groups in total. The number of thioether (sulfide) groups is 1. The highest BCUT2D eigenvalue weighted by Crippen LogP contribution is 2.35. The first-order chi connectivity index (χ1) is 14.9. The minimum Gasteiger partial charge on any atom is -0.468 e. The molecule has 9 nitrogen and oxygen atoms in total. The van der Waals surface area contributed by atoms with Gasteiger partial charge in [-0.1, -0.05) is 6.92 Å². The lowest BCUT2D eigenvalue weighted by atomic mass is 10.1. The van der Waals surface area contributed by atoms with Crippen LogP contribution in [0.1, 0.15) is 55.1 Å². The number of esters is 3. The van der Waals surface area contributed by atoms with Crippen LogP contribution in [0, 0.1) is 0 Å². The Bertz CT molecular complexity index is 786. The van der Waals surface area contributed by atoms with Crippen LogP contribution in [0.4, 0.5) is 4.79 Å². The van der Waals surface area contributed by atoms with Crippen molar-refractivity contribution in [3.63, 3.8) is 0 Å². The average Bonchev–Trinajstić information content (AvgIpc) is 3.21. The highest BCUT2D eigenvalue weighted by Gasteiger charge is 2.35. The molecule has 0 aliphatic carbocycles. The zero-order valence-electron chi connectivity index (χ0n) is 19.4. The zero-order chi connectivity index (χ0) is 24.5. The minimum atomic E-state index is -1.23. The lowest BCUT2D eigenvalue weighted by Crippen LogP contribution is -2.40. The van der Waals surface area contributed by atoms with E-state index >= 15 is 0 Å². The minimum absolute atomic E-state index is 0.0951. The van der Waals surface area contributed by atoms with Gasteiger partial charge in [0.05, 0.1) is 20.8 Å². The number of thiophene rings is 1. The Morgan fingerprint density at radius 2 is 1.69 bits per heavy atom. The summed E-state index contributed by atoms with van der Waals surface area (Å²) in [6, 6.07) is 3.45. The summed E-state index contributed by atoms with van der Waals surface area (Å²) in [5, 5.41) is 1.01. The Hall–Kier alpha value is -2.27. The maximum Gasteiger partial charge on any atom is 0.407 e. The number of nitrogens with one attached hydrogen (secondary N) is 1. The summed E-state index contributed by atoms with van der Waals surface area (Å²) in [7, 11) is 2.36. The Morgan fingerprint density at radius 3 is 2.19 bits per heavy atom. The molecule has 11 heteroatoms. The van der Waals surface area contributed by atoms with Gasteiger partial charge in [0.15, 0.2) is 5.25 Å². The van der Waals surface area contributed by atoms with Crippen LogP contribution in [0.2, 0.25) is 0 Å². The van der Waals surface area contributed by atoms with E-state index < -0.39 is 40.1 Å². The molecule has 1 amide bonds. The molecule has 2 unspecified atom stereocenters. The zero-order valence-corrected chi connectivity index (χ0v) is 21.0. The first kappa shape index (κ1) is 27.8. The summed E-state index contributed by atoms with van der Waals surface area (Å²) in [5.74, 6) is -2.18. The van der Waals surface area contributed by atoms with Crippen molar-refractivity contribution < 1.29 is 38.1 Å². The summed E-state index contributed by atoms with van der Waals surface area (Å²) < 4.78 is 19.8. The van der Waals surface area contributed by atoms with Crippen LogP contribution in [-0.4, -0.2) is 67.5 Å². The van der Waals surface area contributed by atoms with Crippen molar-refractivity contribution in [1.82, 2.24) is 5.32 Å². The first-order valence-electron chi connectivity index (χ1n) is 9.98. The van der Waals surface area contributed by atoms with Gasteiger partial charge in [-0.3, -0.25) is 9.59 Å². The van der Waals surface area contributed by atoms with Gasteiger partial charge in [0.2, 0.25) is 0 Å². The van der Waals surface area contributed by atoms with E-state index in [0.29, 0.717) is 4.88 Å². The quantitative estimate of drug-likeness (QED) is 0.300. The molecule has 0 radical (unpaired) electrons. The summed E-state index contributed by atoms with van der Waals surface area (Å²) in [6.07, 6.45) is -0.624. The second kappa shape index (κ2) is 12.7. The fourth-order valence-corrected chi connectivity index (χ4v) is 4.96. The maximum atomic E-state index is 12.2. The van der Waals surface area contributed by atoms with Crippen LogP contribution in [0.5, 0.6) is 0 Å². The third-order valence-corrected chi connectivity index (χ3v) is 6.95. The van der Waals surface area contributed by atoms with E-state index in [-0.39, 0.29) is 19.1 Å². The van der Waals surface area contributed by atoms with Crippen LogP contribution in [0.15, 0.2) is 12.1 Å². The summed E-state index contributed by atoms with van der Waals surface area (Å²) >= 11 is 2.27. The molecule has 32 heavy (non-hydrogen) atoms. The van der Waals surface area contributed by atoms with Gasteiger partial charge in [0, 0.05) is 22.6 Å². The Balaban J connectivity index is 3.11. The third-order valence-electron chi connectivity index (χ3n) is 4.10. The molecule has 0 aliphatic rings. The lowest BCUT2D eigenvalue weighted by molar-refractivity contribution is -0.150. The molecule has 1 aromatic rings. The number of methoxy groups -OCH3 is 2. The Morgan fingerprint density at radius 1 is 1.09 bits per heavy atom. The van der Waals surface area contributed by atoms with Gasteiger partial charge in [0.25, 0.3) is 0 Å². The maximum absolute atomic E-state index is 12.2. The molecule has 0 fully saturated rings. The molecule has 2 atom stereocenters. The SMILES string of the molecule is CCOC(=O)c1ccc(C(C)C(CNC(=O)OC(C)(C)C)SC(C(=O)OC)C(=O)OC)s1. The molecule has 0 aliphatic heterocycles. The summed E-state index contributed by atoms with van der Waals surface area (Å²) in [5.41, 5.74) is -0.679. The van der Waals surface area contributed by atoms with Crippen LogP contribution in [0.25, 0.3) is 0 Å². The van der Waals surface area contributed by atoms with Crippen molar-refractivity contribution >= 4 is 47.1 Å². The Kier molecular flexibility index (Phi) is 11.0. The number of alkyl carbamates (subject to hydrolysis) is 1. The number of carbonyl (C=O) groups excluding carboxylic acids is 4. The van der Waals surface area contributed by atoms with Gasteiger partial charge >= 0.3 is 24.0 Å². The topological polar surface area (TPSA) is 117 Å². The molecule has 0 bridgehead atoms. The number of amides is 1. The monoisotopic (exact) mass is 489 g/mol. The molecule has 0 saturated carbocycles. The number of hydrogen-bond acceptors (Lipinski definition) is 10. The van der Waals surface area contributed by atoms with Crippen LogP contribution in [-0.2, 0) is 28.5 Å². The lowest BCUT2D eigenvalue weighted by Gasteiger charge is -2.26. The van der Waals surface area contributed by atoms with Crippen molar-refractivity contribution in [2.75, 3.05) is 27.4 Å². The second-order valence-electron chi connectivity index (χ2n) is 7.69. The summed E-state index contributed by atoms with van der Waals surface area (Å²) in [6.45, 7) is 9.19. The van der Waals surface area contributed by atoms with E-state index in [1.807, 2.05) is 6.92 Å². The number of hydrogen-bond donors (Lipinski definition) is 1. The molecule has 1 heterocycles. The van der Waals surface area contributed by atoms with Crippen molar-refractivity contribution in [2.24, 2.45) is 0 Å². The Labute approximate surface area is 196 Å². The van der Waals surface area contributed by atoms with E-state index in [0.717, 1.165) is 16.6 Å². The third kappa shape index (κ3) is 8.70. The largest absolute Gasteiger partial charge is 0.468 e. The van der Waals surface area contributed by atoms with Crippen molar-refractivity contribution in [1.29, 1.82) is 0 Å². The molecular weight excluding hydrogens is 458 g/mol. The second-order valence-corrected chi connectivity index (χ2v) is 10.2. The van der Waals surface area contributed by atoms with Crippen molar-refractivity contribution in [2.45, 2.75) is 56.6 Å². The first-order valence-corrected chi connectivity index (χ1v) is 11.7. The number of carbonyl (C=O) groups is 4. The highest BCUT2D eigenvalue weighted by atomic mass is 32.2. The predicted molar refractivity (Wildman–Crippen MR) is 122 cm³/mol. The molecule has 0 aromatic carbocycles. The molecular formula is C21H31NO8S2. The van der Waals surface area contributed by atoms with Gasteiger partial charge in [-0.25, -0.2) is 9.59 Å². The van der Waals surface area contributed by atoms with Gasteiger partial charge in [-0.05, 0) is 39.8 Å². The van der Waals surface area contributed by atoms with Crippen LogP contribution < -0.4 is 5.32 Å². The molecule has 1 rings (SSSR count). The fraction of sp³-hybridized carbons (Fsp3) is 0.619. The van der Waals surface area contributed by atoms with E-state index in [9.17, 15) is 19.2 Å². The van der Waals surface area contributed by atoms with Crippen molar-refractivity contribution in [3.05, 3.63) is 21.9 Å². The predicted octanol–water partition coefficient (Wildman–Crippen LogP) is 3.37. The van der Waals surface area contributed by atoms with E-state index in [4.69, 9.17) is 18.9 Å². The normalized spacial score (nSPS) is 13.1. The standard InChI is InChI=1S/C21H31NO8S2/c1-8-29-17(23)14-10-9-13(31-14)12(2)15(11-22-20(26)30-21(3,4)5)32-16(18(24)27-6)19(25)28-7/h9-10,12,15-16H,8,11H2,1-7H3,(H,22,26). The molecule has 0 spiro atoms. The summed E-state index contributed by atoms with van der Waals surface area (Å²) in [4.78, 5) is 49.8. The number of rotatable bonds is 10. The number of ether oxygens (including phenoxy) is 4. The van der Waals surface area contributed by atoms with E-state index in [1.54, 1.807) is 39.8 Å². The van der Waals surface area contributed by atoms with Gasteiger partial charge in [-0.15, -0.1) is 23.1 Å². The van der Waals surface area contributed by atoms with E-state index in [1.165, 1.54) is 25.6 Å². The van der Waals surface area contributed by atoms with Gasteiger partial charge in [0.1, 0.15) is 10.5 Å². The highest BCUT2D eigenvalue weighted by molar-refractivity contribution is 8.02. The van der Waals surface area contributed by atoms with Crippen LogP contribution >= 0.6 is 23.1 Å². The van der Waals surface area contributed by atoms with E-state index in [2.05, 4.69) is 5.32 Å². The van der Waals surface area contributed by atoms with Gasteiger partial charge < -0.3 is 24.3 Å².